The van der Waals surface area contributed by atoms with Gasteiger partial charge in [-0.05, 0) is 18.8 Å². The van der Waals surface area contributed by atoms with Crippen molar-refractivity contribution in [2.24, 2.45) is 5.92 Å². The van der Waals surface area contributed by atoms with Crippen molar-refractivity contribution in [1.82, 2.24) is 9.97 Å². The Kier molecular flexibility index (Phi) is 3.78. The van der Waals surface area contributed by atoms with Gasteiger partial charge in [-0.3, -0.25) is 0 Å². The Morgan fingerprint density at radius 3 is 2.67 bits per heavy atom. The normalized spacial score (nSPS) is 17.6. The van der Waals surface area contributed by atoms with Crippen LogP contribution in [0.5, 0.6) is 0 Å². The second-order valence-corrected chi connectivity index (χ2v) is 6.32. The van der Waals surface area contributed by atoms with Gasteiger partial charge in [0.2, 0.25) is 0 Å². The molecular weight excluding hydrogens is 250 g/mol. The summed E-state index contributed by atoms with van der Waals surface area (Å²) in [6, 6.07) is 1.69. The van der Waals surface area contributed by atoms with Gasteiger partial charge in [0.1, 0.15) is 16.8 Å². The van der Waals surface area contributed by atoms with E-state index in [1.807, 2.05) is 20.8 Å². The Morgan fingerprint density at radius 1 is 1.44 bits per heavy atom. The van der Waals surface area contributed by atoms with Crippen molar-refractivity contribution in [2.75, 3.05) is 11.9 Å². The first-order valence-corrected chi connectivity index (χ1v) is 6.71. The minimum Gasteiger partial charge on any atom is -0.391 e. The number of anilines is 1. The van der Waals surface area contributed by atoms with Gasteiger partial charge in [-0.2, -0.15) is 0 Å². The molecule has 0 amide bonds. The Balaban J connectivity index is 2.05. The molecule has 1 heterocycles. The average Bonchev–Trinajstić information content (AvgIpc) is 3.07. The SMILES string of the molecule is CC(C)(C)c1nc(Cl)cc(NCC(O)C2CC2)n1. The fraction of sp³-hybridized carbons (Fsp3) is 0.692. The minimum atomic E-state index is -0.295. The van der Waals surface area contributed by atoms with Crippen molar-refractivity contribution in [1.29, 1.82) is 0 Å². The molecule has 1 saturated carbocycles. The van der Waals surface area contributed by atoms with Crippen molar-refractivity contribution in [3.05, 3.63) is 17.0 Å². The summed E-state index contributed by atoms with van der Waals surface area (Å²) in [4.78, 5) is 8.67. The lowest BCUT2D eigenvalue weighted by atomic mass is 9.96. The molecule has 0 saturated heterocycles. The predicted molar refractivity (Wildman–Crippen MR) is 73.0 cm³/mol. The molecule has 0 aliphatic heterocycles. The van der Waals surface area contributed by atoms with Crippen molar-refractivity contribution < 1.29 is 5.11 Å². The van der Waals surface area contributed by atoms with E-state index in [1.54, 1.807) is 6.07 Å². The number of aliphatic hydroxyl groups is 1. The molecule has 2 rings (SSSR count). The van der Waals surface area contributed by atoms with E-state index in [4.69, 9.17) is 11.6 Å². The van der Waals surface area contributed by atoms with Crippen LogP contribution in [-0.4, -0.2) is 27.7 Å². The summed E-state index contributed by atoms with van der Waals surface area (Å²) in [5.74, 6) is 1.84. The molecule has 1 aromatic rings. The van der Waals surface area contributed by atoms with Gasteiger partial charge in [0.05, 0.1) is 6.10 Å². The van der Waals surface area contributed by atoms with Crippen LogP contribution >= 0.6 is 11.6 Å². The largest absolute Gasteiger partial charge is 0.391 e. The fourth-order valence-electron chi connectivity index (χ4n) is 1.70. The molecule has 0 bridgehead atoms. The second kappa shape index (κ2) is 5.02. The van der Waals surface area contributed by atoms with E-state index in [9.17, 15) is 5.11 Å². The Hall–Kier alpha value is -0.870. The maximum absolute atomic E-state index is 9.81. The van der Waals surface area contributed by atoms with Gasteiger partial charge in [0.25, 0.3) is 0 Å². The highest BCUT2D eigenvalue weighted by molar-refractivity contribution is 6.29. The molecule has 2 N–H and O–H groups in total. The lowest BCUT2D eigenvalue weighted by molar-refractivity contribution is 0.164. The van der Waals surface area contributed by atoms with Gasteiger partial charge in [-0.25, -0.2) is 9.97 Å². The molecule has 4 nitrogen and oxygen atoms in total. The molecule has 18 heavy (non-hydrogen) atoms. The summed E-state index contributed by atoms with van der Waals surface area (Å²) in [6.45, 7) is 6.64. The standard InChI is InChI=1S/C13H20ClN3O/c1-13(2,3)12-16-10(14)6-11(17-12)15-7-9(18)8-4-5-8/h6,8-9,18H,4-5,7H2,1-3H3,(H,15,16,17). The first kappa shape index (κ1) is 13.6. The smallest absolute Gasteiger partial charge is 0.137 e. The van der Waals surface area contributed by atoms with Crippen LogP contribution in [0.2, 0.25) is 5.15 Å². The van der Waals surface area contributed by atoms with E-state index in [0.717, 1.165) is 12.8 Å². The van der Waals surface area contributed by atoms with Crippen LogP contribution in [0.3, 0.4) is 0 Å². The Labute approximate surface area is 113 Å². The molecule has 1 aliphatic carbocycles. The minimum absolute atomic E-state index is 0.142. The van der Waals surface area contributed by atoms with Crippen molar-refractivity contribution in [3.8, 4) is 0 Å². The number of nitrogens with one attached hydrogen (secondary N) is 1. The van der Waals surface area contributed by atoms with Crippen LogP contribution in [0.15, 0.2) is 6.07 Å². The first-order valence-electron chi connectivity index (χ1n) is 6.33. The summed E-state index contributed by atoms with van der Waals surface area (Å²) in [7, 11) is 0. The molecule has 0 spiro atoms. The summed E-state index contributed by atoms with van der Waals surface area (Å²) >= 11 is 5.99. The summed E-state index contributed by atoms with van der Waals surface area (Å²) in [5.41, 5.74) is -0.142. The number of aromatic nitrogens is 2. The number of aliphatic hydroxyl groups excluding tert-OH is 1. The highest BCUT2D eigenvalue weighted by Crippen LogP contribution is 2.32. The molecule has 100 valence electrons. The maximum Gasteiger partial charge on any atom is 0.137 e. The third kappa shape index (κ3) is 3.56. The van der Waals surface area contributed by atoms with E-state index in [2.05, 4.69) is 15.3 Å². The average molecular weight is 270 g/mol. The number of hydrogen-bond acceptors (Lipinski definition) is 4. The van der Waals surface area contributed by atoms with Gasteiger partial charge >= 0.3 is 0 Å². The first-order chi connectivity index (χ1) is 8.36. The van der Waals surface area contributed by atoms with Crippen molar-refractivity contribution >= 4 is 17.4 Å². The molecule has 1 atom stereocenters. The van der Waals surface area contributed by atoms with Crippen LogP contribution in [0.4, 0.5) is 5.82 Å². The monoisotopic (exact) mass is 269 g/mol. The van der Waals surface area contributed by atoms with Crippen LogP contribution in [-0.2, 0) is 5.41 Å². The third-order valence-corrected chi connectivity index (χ3v) is 3.22. The van der Waals surface area contributed by atoms with Crippen LogP contribution in [0.25, 0.3) is 0 Å². The highest BCUT2D eigenvalue weighted by Gasteiger charge is 2.29. The van der Waals surface area contributed by atoms with E-state index < -0.39 is 0 Å². The van der Waals surface area contributed by atoms with Gasteiger partial charge in [0.15, 0.2) is 0 Å². The predicted octanol–water partition coefficient (Wildman–Crippen LogP) is 2.61. The Bertz CT molecular complexity index is 427. The molecular formula is C13H20ClN3O. The van der Waals surface area contributed by atoms with E-state index >= 15 is 0 Å². The topological polar surface area (TPSA) is 58.0 Å². The third-order valence-electron chi connectivity index (χ3n) is 3.02. The van der Waals surface area contributed by atoms with Crippen LogP contribution in [0, 0.1) is 5.92 Å². The summed E-state index contributed by atoms with van der Waals surface area (Å²) < 4.78 is 0. The van der Waals surface area contributed by atoms with E-state index in [-0.39, 0.29) is 11.5 Å². The van der Waals surface area contributed by atoms with Gasteiger partial charge in [-0.1, -0.05) is 32.4 Å². The lowest BCUT2D eigenvalue weighted by Gasteiger charge is -2.18. The lowest BCUT2D eigenvalue weighted by Crippen LogP contribution is -2.23. The van der Waals surface area contributed by atoms with Crippen LogP contribution in [0.1, 0.15) is 39.4 Å². The highest BCUT2D eigenvalue weighted by atomic mass is 35.5. The Morgan fingerprint density at radius 2 is 2.11 bits per heavy atom. The van der Waals surface area contributed by atoms with Crippen molar-refractivity contribution in [2.45, 2.75) is 45.1 Å². The van der Waals surface area contributed by atoms with Crippen molar-refractivity contribution in [3.63, 3.8) is 0 Å². The molecule has 1 fully saturated rings. The van der Waals surface area contributed by atoms with E-state index in [1.165, 1.54) is 0 Å². The fourth-order valence-corrected chi connectivity index (χ4v) is 1.88. The van der Waals surface area contributed by atoms with Gasteiger partial charge < -0.3 is 10.4 Å². The molecule has 1 unspecified atom stereocenters. The number of nitrogens with zero attached hydrogens (tertiary/aromatic N) is 2. The quantitative estimate of drug-likeness (QED) is 0.825. The summed E-state index contributed by atoms with van der Waals surface area (Å²) in [5, 5.41) is 13.4. The molecule has 5 heteroatoms. The number of hydrogen-bond donors (Lipinski definition) is 2. The molecule has 0 aromatic carbocycles. The zero-order valence-corrected chi connectivity index (χ0v) is 11.8. The molecule has 0 radical (unpaired) electrons. The zero-order valence-electron chi connectivity index (χ0n) is 11.1. The number of rotatable bonds is 4. The van der Waals surface area contributed by atoms with E-state index in [0.29, 0.717) is 29.3 Å². The second-order valence-electron chi connectivity index (χ2n) is 5.94. The number of halogens is 1. The molecule has 1 aliphatic rings. The summed E-state index contributed by atoms with van der Waals surface area (Å²) in [6.07, 6.45) is 1.96. The van der Waals surface area contributed by atoms with Crippen LogP contribution < -0.4 is 5.32 Å². The van der Waals surface area contributed by atoms with Gasteiger partial charge in [0, 0.05) is 18.0 Å². The maximum atomic E-state index is 9.81. The zero-order chi connectivity index (χ0) is 13.3. The van der Waals surface area contributed by atoms with Gasteiger partial charge in [-0.15, -0.1) is 0 Å². The molecule has 1 aromatic heterocycles.